The van der Waals surface area contributed by atoms with Gasteiger partial charge in [-0.1, -0.05) is 48.5 Å². The molecule has 7 nitrogen and oxygen atoms in total. The molecule has 190 valence electrons. The zero-order valence-corrected chi connectivity index (χ0v) is 22.5. The van der Waals surface area contributed by atoms with Gasteiger partial charge in [-0.3, -0.25) is 9.59 Å². The maximum Gasteiger partial charge on any atom is 0.408 e. The molecule has 0 bridgehead atoms. The second-order valence-corrected chi connectivity index (χ2v) is 10.5. The number of rotatable bonds is 9. The van der Waals surface area contributed by atoms with Crippen LogP contribution in [-0.2, 0) is 14.3 Å². The molecule has 0 saturated heterocycles. The number of nitrogens with zero attached hydrogens (tertiary/aromatic N) is 1. The van der Waals surface area contributed by atoms with Gasteiger partial charge in [0.1, 0.15) is 17.7 Å². The summed E-state index contributed by atoms with van der Waals surface area (Å²) in [6, 6.07) is 13.2. The number of alkyl carbamates (subject to hydrolysis) is 1. The van der Waals surface area contributed by atoms with Crippen molar-refractivity contribution in [2.75, 3.05) is 24.4 Å². The van der Waals surface area contributed by atoms with Gasteiger partial charge < -0.3 is 20.3 Å². The summed E-state index contributed by atoms with van der Waals surface area (Å²) in [6.45, 7) is 9.15. The molecule has 2 aromatic rings. The van der Waals surface area contributed by atoms with Gasteiger partial charge in [-0.05, 0) is 69.7 Å². The number of ether oxygens (including phenoxy) is 1. The van der Waals surface area contributed by atoms with Gasteiger partial charge >= 0.3 is 6.09 Å². The fraction of sp³-hybridized carbons (Fsp3) is 0.444. The van der Waals surface area contributed by atoms with Crippen molar-refractivity contribution in [2.24, 2.45) is 0 Å². The van der Waals surface area contributed by atoms with Crippen LogP contribution in [-0.4, -0.2) is 53.5 Å². The van der Waals surface area contributed by atoms with Gasteiger partial charge in [-0.25, -0.2) is 4.79 Å². The minimum atomic E-state index is -0.889. The molecule has 2 atom stereocenters. The number of carbonyl (C=O) groups excluding carboxylic acids is 3. The number of para-hydroxylation sites is 1. The van der Waals surface area contributed by atoms with Crippen LogP contribution in [0.4, 0.5) is 10.5 Å². The Morgan fingerprint density at radius 3 is 2.14 bits per heavy atom. The highest BCUT2D eigenvalue weighted by Gasteiger charge is 2.34. The molecule has 3 amide bonds. The Morgan fingerprint density at radius 1 is 1.00 bits per heavy atom. The van der Waals surface area contributed by atoms with Crippen molar-refractivity contribution in [1.82, 2.24) is 10.2 Å². The molecule has 0 aliphatic heterocycles. The Labute approximate surface area is 213 Å². The van der Waals surface area contributed by atoms with Gasteiger partial charge in [0.25, 0.3) is 5.91 Å². The maximum absolute atomic E-state index is 13.6. The normalized spacial score (nSPS) is 12.9. The van der Waals surface area contributed by atoms with Crippen LogP contribution >= 0.6 is 11.8 Å². The number of carbonyl (C=O) groups is 3. The average molecular weight is 500 g/mol. The lowest BCUT2D eigenvalue weighted by atomic mass is 10.0. The van der Waals surface area contributed by atoms with Gasteiger partial charge in [-0.2, -0.15) is 11.8 Å². The fourth-order valence-electron chi connectivity index (χ4n) is 3.71. The first kappa shape index (κ1) is 28.2. The highest BCUT2D eigenvalue weighted by atomic mass is 32.2. The molecular formula is C27H37N3O4S. The number of nitrogens with one attached hydrogen (secondary N) is 2. The number of anilines is 1. The lowest BCUT2D eigenvalue weighted by Crippen LogP contribution is -2.51. The molecule has 0 fully saturated rings. The van der Waals surface area contributed by atoms with E-state index in [-0.39, 0.29) is 11.8 Å². The summed E-state index contributed by atoms with van der Waals surface area (Å²) in [4.78, 5) is 41.1. The van der Waals surface area contributed by atoms with Crippen LogP contribution in [0.15, 0.2) is 48.5 Å². The van der Waals surface area contributed by atoms with E-state index in [1.807, 2.05) is 68.6 Å². The Balaban J connectivity index is 2.36. The molecule has 2 rings (SSSR count). The molecule has 35 heavy (non-hydrogen) atoms. The van der Waals surface area contributed by atoms with Crippen LogP contribution in [0.1, 0.15) is 49.9 Å². The topological polar surface area (TPSA) is 87.7 Å². The molecule has 2 N–H and O–H groups in total. The van der Waals surface area contributed by atoms with Crippen molar-refractivity contribution in [3.8, 4) is 0 Å². The molecule has 0 saturated carbocycles. The van der Waals surface area contributed by atoms with Gasteiger partial charge in [0, 0.05) is 12.7 Å². The van der Waals surface area contributed by atoms with Gasteiger partial charge in [-0.15, -0.1) is 0 Å². The number of hydrogen-bond donors (Lipinski definition) is 2. The first-order chi connectivity index (χ1) is 16.4. The standard InChI is InChI=1S/C27H37N3O4S/c1-18-12-11-13-19(2)22(18)29-24(31)23(20-14-9-8-10-15-20)30(6)25(32)21(16-17-35-7)28-26(33)34-27(3,4)5/h8-15,21,23H,16-17H2,1-7H3,(H,28,33)(H,29,31). The second kappa shape index (κ2) is 12.6. The van der Waals surface area contributed by atoms with Crippen LogP contribution in [0.3, 0.4) is 0 Å². The zero-order valence-electron chi connectivity index (χ0n) is 21.7. The molecule has 2 aromatic carbocycles. The minimum absolute atomic E-state index is 0.328. The largest absolute Gasteiger partial charge is 0.444 e. The predicted octanol–water partition coefficient (Wildman–Crippen LogP) is 5.09. The molecule has 0 heterocycles. The van der Waals surface area contributed by atoms with E-state index in [9.17, 15) is 14.4 Å². The van der Waals surface area contributed by atoms with Gasteiger partial charge in [0.05, 0.1) is 0 Å². The lowest BCUT2D eigenvalue weighted by molar-refractivity contribution is -0.139. The summed E-state index contributed by atoms with van der Waals surface area (Å²) in [6.07, 6.45) is 1.68. The quantitative estimate of drug-likeness (QED) is 0.502. The highest BCUT2D eigenvalue weighted by Crippen LogP contribution is 2.26. The van der Waals surface area contributed by atoms with Crippen LogP contribution in [0.5, 0.6) is 0 Å². The van der Waals surface area contributed by atoms with Crippen molar-refractivity contribution in [1.29, 1.82) is 0 Å². The smallest absolute Gasteiger partial charge is 0.408 e. The van der Waals surface area contributed by atoms with Crippen molar-refractivity contribution in [2.45, 2.75) is 58.7 Å². The van der Waals surface area contributed by atoms with Gasteiger partial charge in [0.15, 0.2) is 0 Å². The highest BCUT2D eigenvalue weighted by molar-refractivity contribution is 7.98. The predicted molar refractivity (Wildman–Crippen MR) is 143 cm³/mol. The second-order valence-electron chi connectivity index (χ2n) is 9.50. The van der Waals surface area contributed by atoms with Gasteiger partial charge in [0.2, 0.25) is 5.91 Å². The first-order valence-electron chi connectivity index (χ1n) is 11.6. The van der Waals surface area contributed by atoms with Crippen LogP contribution < -0.4 is 10.6 Å². The van der Waals surface area contributed by atoms with E-state index >= 15 is 0 Å². The SMILES string of the molecule is CSCCC(NC(=O)OC(C)(C)C)C(=O)N(C)C(C(=O)Nc1c(C)cccc1C)c1ccccc1. The summed E-state index contributed by atoms with van der Waals surface area (Å²) in [5, 5.41) is 5.72. The molecule has 2 unspecified atom stereocenters. The monoisotopic (exact) mass is 499 g/mol. The third kappa shape index (κ3) is 8.31. The van der Waals surface area contributed by atoms with E-state index < -0.39 is 23.8 Å². The molecule has 0 radical (unpaired) electrons. The van der Waals surface area contributed by atoms with E-state index in [0.717, 1.165) is 16.8 Å². The number of likely N-dealkylation sites (N-methyl/N-ethyl adjacent to an activating group) is 1. The van der Waals surface area contributed by atoms with Crippen molar-refractivity contribution in [3.05, 3.63) is 65.2 Å². The zero-order chi connectivity index (χ0) is 26.2. The fourth-order valence-corrected chi connectivity index (χ4v) is 4.18. The van der Waals surface area contributed by atoms with E-state index in [2.05, 4.69) is 10.6 Å². The average Bonchev–Trinajstić information content (AvgIpc) is 2.78. The summed E-state index contributed by atoms with van der Waals surface area (Å²) in [7, 11) is 1.59. The number of hydrogen-bond acceptors (Lipinski definition) is 5. The van der Waals surface area contributed by atoms with Crippen LogP contribution in [0.2, 0.25) is 0 Å². The number of thioether (sulfide) groups is 1. The third-order valence-electron chi connectivity index (χ3n) is 5.43. The Hall–Kier alpha value is -3.00. The molecular weight excluding hydrogens is 462 g/mol. The number of amides is 3. The van der Waals surface area contributed by atoms with E-state index in [1.54, 1.807) is 39.6 Å². The number of aryl methyl sites for hydroxylation is 2. The first-order valence-corrected chi connectivity index (χ1v) is 13.0. The molecule has 0 aliphatic rings. The van der Waals surface area contributed by atoms with Crippen LogP contribution in [0.25, 0.3) is 0 Å². The Bertz CT molecular complexity index is 1000. The lowest BCUT2D eigenvalue weighted by Gasteiger charge is -2.32. The minimum Gasteiger partial charge on any atom is -0.444 e. The molecule has 0 aromatic heterocycles. The van der Waals surface area contributed by atoms with E-state index in [0.29, 0.717) is 17.7 Å². The summed E-state index contributed by atoms with van der Waals surface area (Å²) >= 11 is 1.57. The Morgan fingerprint density at radius 2 is 1.60 bits per heavy atom. The van der Waals surface area contributed by atoms with Crippen molar-refractivity contribution < 1.29 is 19.1 Å². The molecule has 8 heteroatoms. The molecule has 0 spiro atoms. The Kier molecular flexibility index (Phi) is 10.2. The summed E-state index contributed by atoms with van der Waals surface area (Å²) < 4.78 is 5.37. The molecule has 0 aliphatic carbocycles. The van der Waals surface area contributed by atoms with Crippen LogP contribution in [0, 0.1) is 13.8 Å². The van der Waals surface area contributed by atoms with Crippen molar-refractivity contribution >= 4 is 35.4 Å². The maximum atomic E-state index is 13.6. The van der Waals surface area contributed by atoms with Crippen molar-refractivity contribution in [3.63, 3.8) is 0 Å². The van der Waals surface area contributed by atoms with E-state index in [4.69, 9.17) is 4.74 Å². The van der Waals surface area contributed by atoms with E-state index in [1.165, 1.54) is 4.90 Å². The summed E-state index contributed by atoms with van der Waals surface area (Å²) in [5.41, 5.74) is 2.58. The number of benzene rings is 2. The third-order valence-corrected chi connectivity index (χ3v) is 6.07. The summed E-state index contributed by atoms with van der Waals surface area (Å²) in [5.74, 6) is -0.0364.